The highest BCUT2D eigenvalue weighted by atomic mass is 16.7. The summed E-state index contributed by atoms with van der Waals surface area (Å²) in [4.78, 5) is 2.56. The molecule has 19 heavy (non-hydrogen) atoms. The molecule has 2 heterocycles. The van der Waals surface area contributed by atoms with Crippen molar-refractivity contribution in [2.24, 2.45) is 5.41 Å². The number of piperidine rings is 1. The summed E-state index contributed by atoms with van der Waals surface area (Å²) in [5.74, 6) is 0.632. The van der Waals surface area contributed by atoms with Crippen molar-refractivity contribution >= 4 is 7.12 Å². The van der Waals surface area contributed by atoms with E-state index >= 15 is 0 Å². The van der Waals surface area contributed by atoms with E-state index in [2.05, 4.69) is 39.5 Å². The molecule has 3 nitrogen and oxygen atoms in total. The van der Waals surface area contributed by atoms with Crippen molar-refractivity contribution in [3.05, 3.63) is 0 Å². The number of rotatable bonds is 2. The van der Waals surface area contributed by atoms with Gasteiger partial charge in [-0.3, -0.25) is 0 Å². The van der Waals surface area contributed by atoms with Crippen molar-refractivity contribution < 1.29 is 9.31 Å². The molecule has 3 fully saturated rings. The number of nitrogens with zero attached hydrogens (tertiary/aromatic N) is 1. The molecule has 3 rings (SSSR count). The molecule has 1 spiro atoms. The van der Waals surface area contributed by atoms with Crippen molar-refractivity contribution in [1.82, 2.24) is 4.90 Å². The first-order valence-corrected chi connectivity index (χ1v) is 7.88. The van der Waals surface area contributed by atoms with Crippen LogP contribution in [0, 0.1) is 5.41 Å². The minimum atomic E-state index is -0.175. The van der Waals surface area contributed by atoms with Gasteiger partial charge in [-0.2, -0.15) is 0 Å². The lowest BCUT2D eigenvalue weighted by Gasteiger charge is -2.32. The van der Waals surface area contributed by atoms with Gasteiger partial charge in [-0.1, -0.05) is 6.92 Å². The van der Waals surface area contributed by atoms with Gasteiger partial charge < -0.3 is 14.2 Å². The summed E-state index contributed by atoms with van der Waals surface area (Å²) in [5.41, 5.74) is 0.184. The van der Waals surface area contributed by atoms with Crippen LogP contribution in [0.1, 0.15) is 53.9 Å². The summed E-state index contributed by atoms with van der Waals surface area (Å²) < 4.78 is 12.5. The van der Waals surface area contributed by atoms with Crippen molar-refractivity contribution in [2.75, 3.05) is 19.6 Å². The van der Waals surface area contributed by atoms with Crippen LogP contribution in [-0.2, 0) is 9.31 Å². The Morgan fingerprint density at radius 3 is 2.05 bits per heavy atom. The Morgan fingerprint density at radius 1 is 1.05 bits per heavy atom. The maximum Gasteiger partial charge on any atom is 0.461 e. The van der Waals surface area contributed by atoms with Crippen LogP contribution in [0.15, 0.2) is 0 Å². The molecule has 108 valence electrons. The number of hydrogen-bond acceptors (Lipinski definition) is 3. The lowest BCUT2D eigenvalue weighted by molar-refractivity contribution is 0.00578. The molecule has 2 aliphatic heterocycles. The average Bonchev–Trinajstić information content (AvgIpc) is 2.97. The number of hydrogen-bond donors (Lipinski definition) is 0. The predicted octanol–water partition coefficient (Wildman–Crippen LogP) is 2.95. The fraction of sp³-hybridized carbons (Fsp3) is 1.00. The Balaban J connectivity index is 1.62. The van der Waals surface area contributed by atoms with Gasteiger partial charge in [0.1, 0.15) is 0 Å². The molecule has 0 aromatic heterocycles. The maximum atomic E-state index is 6.23. The van der Waals surface area contributed by atoms with E-state index in [1.165, 1.54) is 38.9 Å². The molecule has 2 saturated heterocycles. The summed E-state index contributed by atoms with van der Waals surface area (Å²) in [6.45, 7) is 14.6. The van der Waals surface area contributed by atoms with Gasteiger partial charge in [-0.25, -0.2) is 0 Å². The molecule has 1 saturated carbocycles. The third-order valence-electron chi connectivity index (χ3n) is 6.15. The zero-order valence-corrected chi connectivity index (χ0v) is 13.2. The van der Waals surface area contributed by atoms with Crippen LogP contribution in [0.3, 0.4) is 0 Å². The Hall–Kier alpha value is -0.0551. The maximum absolute atomic E-state index is 6.23. The molecule has 0 amide bonds. The molecule has 1 atom stereocenters. The molecule has 3 aliphatic rings. The minimum absolute atomic E-state index is 0.0261. The second-order valence-corrected chi connectivity index (χ2v) is 7.73. The van der Waals surface area contributed by atoms with Crippen LogP contribution in [0.2, 0.25) is 5.82 Å². The summed E-state index contributed by atoms with van der Waals surface area (Å²) in [5, 5.41) is 0. The Bertz CT molecular complexity index is 345. The van der Waals surface area contributed by atoms with E-state index < -0.39 is 0 Å². The van der Waals surface area contributed by atoms with Gasteiger partial charge in [0.25, 0.3) is 0 Å². The van der Waals surface area contributed by atoms with E-state index in [-0.39, 0.29) is 18.3 Å². The van der Waals surface area contributed by atoms with Crippen LogP contribution < -0.4 is 0 Å². The van der Waals surface area contributed by atoms with Gasteiger partial charge >= 0.3 is 7.12 Å². The predicted molar refractivity (Wildman–Crippen MR) is 78.2 cm³/mol. The van der Waals surface area contributed by atoms with E-state index in [1.54, 1.807) is 0 Å². The minimum Gasteiger partial charge on any atom is -0.403 e. The zero-order chi connectivity index (χ0) is 13.9. The standard InChI is InChI=1S/C15H28BNO2/c1-6-17-9-7-15(8-10-17)11-12(15)16-18-13(2,3)14(4,5)19-16/h12H,6-11H2,1-5H3. The first-order valence-electron chi connectivity index (χ1n) is 7.88. The van der Waals surface area contributed by atoms with Crippen molar-refractivity contribution in [1.29, 1.82) is 0 Å². The fourth-order valence-electron chi connectivity index (χ4n) is 3.71. The zero-order valence-electron chi connectivity index (χ0n) is 13.2. The Labute approximate surface area is 118 Å². The summed E-state index contributed by atoms with van der Waals surface area (Å²) in [7, 11) is 0.0261. The van der Waals surface area contributed by atoms with Gasteiger partial charge in [0.2, 0.25) is 0 Å². The van der Waals surface area contributed by atoms with Crippen LogP contribution in [-0.4, -0.2) is 42.9 Å². The van der Waals surface area contributed by atoms with Gasteiger partial charge in [0.15, 0.2) is 0 Å². The summed E-state index contributed by atoms with van der Waals surface area (Å²) >= 11 is 0. The topological polar surface area (TPSA) is 21.7 Å². The second kappa shape index (κ2) is 4.22. The lowest BCUT2D eigenvalue weighted by Crippen LogP contribution is -2.41. The Kier molecular flexibility index (Phi) is 3.09. The van der Waals surface area contributed by atoms with Crippen LogP contribution in [0.5, 0.6) is 0 Å². The SMILES string of the molecule is CCN1CCC2(CC1)CC2B1OC(C)(C)C(C)(C)O1. The van der Waals surface area contributed by atoms with Crippen LogP contribution in [0.25, 0.3) is 0 Å². The number of likely N-dealkylation sites (tertiary alicyclic amines) is 1. The third kappa shape index (κ3) is 2.16. The molecule has 0 aromatic rings. The van der Waals surface area contributed by atoms with Gasteiger partial charge in [-0.15, -0.1) is 0 Å². The van der Waals surface area contributed by atoms with Crippen molar-refractivity contribution in [2.45, 2.75) is 70.9 Å². The van der Waals surface area contributed by atoms with Crippen LogP contribution >= 0.6 is 0 Å². The van der Waals surface area contributed by atoms with E-state index in [4.69, 9.17) is 9.31 Å². The van der Waals surface area contributed by atoms with Gasteiger partial charge in [-0.05, 0) is 72.0 Å². The lowest BCUT2D eigenvalue weighted by atomic mass is 9.74. The van der Waals surface area contributed by atoms with E-state index in [0.29, 0.717) is 11.2 Å². The molecular weight excluding hydrogens is 237 g/mol. The highest BCUT2D eigenvalue weighted by Gasteiger charge is 2.66. The largest absolute Gasteiger partial charge is 0.461 e. The van der Waals surface area contributed by atoms with E-state index in [9.17, 15) is 0 Å². The first kappa shape index (κ1) is 13.9. The highest BCUT2D eigenvalue weighted by molar-refractivity contribution is 6.49. The molecule has 0 radical (unpaired) electrons. The molecule has 1 aliphatic carbocycles. The molecule has 0 N–H and O–H groups in total. The quantitative estimate of drug-likeness (QED) is 0.716. The van der Waals surface area contributed by atoms with Crippen molar-refractivity contribution in [3.8, 4) is 0 Å². The normalized spacial score (nSPS) is 35.8. The molecule has 0 bridgehead atoms. The highest BCUT2D eigenvalue weighted by Crippen LogP contribution is 2.67. The van der Waals surface area contributed by atoms with Gasteiger partial charge in [0, 0.05) is 5.82 Å². The second-order valence-electron chi connectivity index (χ2n) is 7.73. The van der Waals surface area contributed by atoms with E-state index in [0.717, 1.165) is 0 Å². The Morgan fingerprint density at radius 2 is 1.58 bits per heavy atom. The molecule has 1 unspecified atom stereocenters. The van der Waals surface area contributed by atoms with Gasteiger partial charge in [0.05, 0.1) is 11.2 Å². The molecular formula is C15H28BNO2. The summed E-state index contributed by atoms with van der Waals surface area (Å²) in [6, 6.07) is 0. The van der Waals surface area contributed by atoms with Crippen molar-refractivity contribution in [3.63, 3.8) is 0 Å². The fourth-order valence-corrected chi connectivity index (χ4v) is 3.71. The molecule has 4 heteroatoms. The smallest absolute Gasteiger partial charge is 0.403 e. The van der Waals surface area contributed by atoms with Crippen LogP contribution in [0.4, 0.5) is 0 Å². The first-order chi connectivity index (χ1) is 8.80. The molecule has 0 aromatic carbocycles. The summed E-state index contributed by atoms with van der Waals surface area (Å²) in [6.07, 6.45) is 3.96. The monoisotopic (exact) mass is 265 g/mol. The average molecular weight is 265 g/mol. The van der Waals surface area contributed by atoms with E-state index in [1.807, 2.05) is 0 Å². The third-order valence-corrected chi connectivity index (χ3v) is 6.15.